The van der Waals surface area contributed by atoms with Crippen LogP contribution >= 0.6 is 22.9 Å². The van der Waals surface area contributed by atoms with Crippen LogP contribution in [0.2, 0.25) is 5.02 Å². The zero-order valence-corrected chi connectivity index (χ0v) is 15.0. The molecule has 0 saturated heterocycles. The summed E-state index contributed by atoms with van der Waals surface area (Å²) in [4.78, 5) is 21.3. The summed E-state index contributed by atoms with van der Waals surface area (Å²) >= 11 is 7.50. The average Bonchev–Trinajstić information content (AvgIpc) is 3.11. The highest BCUT2D eigenvalue weighted by atomic mass is 35.5. The highest BCUT2D eigenvalue weighted by Gasteiger charge is 2.12. The van der Waals surface area contributed by atoms with Gasteiger partial charge in [0.05, 0.1) is 16.8 Å². The first-order valence-electron chi connectivity index (χ1n) is 7.53. The molecule has 0 aliphatic heterocycles. The van der Waals surface area contributed by atoms with Crippen molar-refractivity contribution in [1.29, 1.82) is 0 Å². The van der Waals surface area contributed by atoms with E-state index in [2.05, 4.69) is 9.98 Å². The number of fused-ring (bicyclic) bond motifs is 1. The molecule has 0 saturated carbocycles. The third-order valence-electron chi connectivity index (χ3n) is 3.52. The zero-order chi connectivity index (χ0) is 17.1. The van der Waals surface area contributed by atoms with E-state index in [1.54, 1.807) is 24.0 Å². The number of aryl methyl sites for hydroxylation is 1. The van der Waals surface area contributed by atoms with E-state index in [0.717, 1.165) is 10.2 Å². The maximum Gasteiger partial charge on any atom is 0.315 e. The quantitative estimate of drug-likeness (QED) is 0.654. The van der Waals surface area contributed by atoms with Gasteiger partial charge in [0.25, 0.3) is 0 Å². The summed E-state index contributed by atoms with van der Waals surface area (Å²) in [7, 11) is 1.77. The Hall–Kier alpha value is -1.96. The van der Waals surface area contributed by atoms with Gasteiger partial charge in [-0.2, -0.15) is 4.99 Å². The van der Waals surface area contributed by atoms with E-state index in [1.165, 1.54) is 11.3 Å². The maximum absolute atomic E-state index is 12.4. The molecular weight excluding hydrogens is 348 g/mol. The molecule has 0 radical (unpaired) electrons. The highest BCUT2D eigenvalue weighted by Crippen LogP contribution is 2.22. The minimum Gasteiger partial charge on any atom is -0.380 e. The van der Waals surface area contributed by atoms with Crippen LogP contribution in [0.5, 0.6) is 0 Å². The lowest BCUT2D eigenvalue weighted by Crippen LogP contribution is -2.20. The summed E-state index contributed by atoms with van der Waals surface area (Å²) < 4.78 is 10.1. The smallest absolute Gasteiger partial charge is 0.315 e. The van der Waals surface area contributed by atoms with Gasteiger partial charge in [0.1, 0.15) is 0 Å². The molecule has 0 fully saturated rings. The van der Waals surface area contributed by atoms with Crippen LogP contribution in [0.25, 0.3) is 10.2 Å². The number of ether oxygens (including phenoxy) is 1. The number of carbonyl (C=O) groups excluding carboxylic acids is 1. The molecule has 0 aliphatic rings. The van der Waals surface area contributed by atoms with Gasteiger partial charge in [0, 0.05) is 37.6 Å². The maximum atomic E-state index is 12.4. The molecule has 2 heterocycles. The molecule has 3 rings (SSSR count). The van der Waals surface area contributed by atoms with Gasteiger partial charge in [-0.05, 0) is 25.1 Å². The van der Waals surface area contributed by atoms with Crippen molar-refractivity contribution in [1.82, 2.24) is 14.1 Å². The third-order valence-corrected chi connectivity index (χ3v) is 4.79. The Labute approximate surface area is 148 Å². The lowest BCUT2D eigenvalue weighted by molar-refractivity contribution is 0.0984. The normalized spacial score (nSPS) is 12.2. The first-order chi connectivity index (χ1) is 11.6. The molecule has 0 bridgehead atoms. The van der Waals surface area contributed by atoms with Crippen molar-refractivity contribution in [3.8, 4) is 0 Å². The summed E-state index contributed by atoms with van der Waals surface area (Å²) in [5.41, 5.74) is 0.982. The Kier molecular flexibility index (Phi) is 5.13. The van der Waals surface area contributed by atoms with Gasteiger partial charge >= 0.3 is 5.91 Å². The number of carbonyl (C=O) groups is 1. The van der Waals surface area contributed by atoms with Crippen molar-refractivity contribution < 1.29 is 9.53 Å². The second-order valence-electron chi connectivity index (χ2n) is 5.12. The summed E-state index contributed by atoms with van der Waals surface area (Å²) in [6.45, 7) is 3.76. The van der Waals surface area contributed by atoms with Crippen LogP contribution in [0.4, 0.5) is 0 Å². The van der Waals surface area contributed by atoms with Crippen molar-refractivity contribution in [3.63, 3.8) is 0 Å². The second kappa shape index (κ2) is 7.29. The van der Waals surface area contributed by atoms with Crippen molar-refractivity contribution in [2.75, 3.05) is 13.2 Å². The minimum absolute atomic E-state index is 0.307. The first kappa shape index (κ1) is 16.9. The number of hydrogen-bond donors (Lipinski definition) is 0. The second-order valence-corrected chi connectivity index (χ2v) is 6.57. The lowest BCUT2D eigenvalue weighted by atomic mass is 10.3. The summed E-state index contributed by atoms with van der Waals surface area (Å²) in [5.74, 6) is -0.0628. The van der Waals surface area contributed by atoms with Crippen molar-refractivity contribution in [3.05, 3.63) is 46.2 Å². The number of amides is 1. The molecule has 0 spiro atoms. The summed E-state index contributed by atoms with van der Waals surface area (Å²) in [6.07, 6.45) is 3.30. The van der Waals surface area contributed by atoms with Crippen molar-refractivity contribution in [2.45, 2.75) is 13.5 Å². The standard InChI is InChI=1S/C16H17ClN4O2S/c1-3-23-9-8-21-12-5-4-11(17)10-13(12)24-16(21)19-15(22)14-18-6-7-20(14)2/h4-7,10H,3,8-9H2,1-2H3. The van der Waals surface area contributed by atoms with E-state index >= 15 is 0 Å². The number of rotatable bonds is 5. The third kappa shape index (κ3) is 3.43. The lowest BCUT2D eigenvalue weighted by Gasteiger charge is -2.05. The molecule has 0 atom stereocenters. The predicted molar refractivity (Wildman–Crippen MR) is 94.4 cm³/mol. The zero-order valence-electron chi connectivity index (χ0n) is 13.4. The van der Waals surface area contributed by atoms with Gasteiger partial charge in [-0.1, -0.05) is 22.9 Å². The van der Waals surface area contributed by atoms with E-state index in [1.807, 2.05) is 29.7 Å². The molecule has 3 aromatic rings. The molecule has 8 heteroatoms. The fourth-order valence-electron chi connectivity index (χ4n) is 2.36. The van der Waals surface area contributed by atoms with Crippen LogP contribution in [-0.4, -0.2) is 33.2 Å². The van der Waals surface area contributed by atoms with Crippen LogP contribution in [0.15, 0.2) is 35.6 Å². The number of halogens is 1. The highest BCUT2D eigenvalue weighted by molar-refractivity contribution is 7.16. The summed E-state index contributed by atoms with van der Waals surface area (Å²) in [6, 6.07) is 5.64. The Morgan fingerprint density at radius 2 is 2.29 bits per heavy atom. The van der Waals surface area contributed by atoms with Gasteiger partial charge in [0.15, 0.2) is 4.80 Å². The average molecular weight is 365 g/mol. The summed E-state index contributed by atoms with van der Waals surface area (Å²) in [5, 5.41) is 0.655. The van der Waals surface area contributed by atoms with Crippen LogP contribution in [0, 0.1) is 0 Å². The van der Waals surface area contributed by atoms with Crippen molar-refractivity contribution >= 4 is 39.1 Å². The molecule has 0 aliphatic carbocycles. The molecule has 2 aromatic heterocycles. The van der Waals surface area contributed by atoms with E-state index < -0.39 is 0 Å². The van der Waals surface area contributed by atoms with Crippen LogP contribution in [0.1, 0.15) is 17.5 Å². The Morgan fingerprint density at radius 1 is 1.46 bits per heavy atom. The van der Waals surface area contributed by atoms with E-state index in [-0.39, 0.29) is 5.91 Å². The molecule has 1 amide bonds. The molecule has 1 aromatic carbocycles. The Balaban J connectivity index is 2.08. The molecule has 24 heavy (non-hydrogen) atoms. The predicted octanol–water partition coefficient (Wildman–Crippen LogP) is 2.87. The largest absolute Gasteiger partial charge is 0.380 e. The van der Waals surface area contributed by atoms with Gasteiger partial charge in [-0.15, -0.1) is 0 Å². The minimum atomic E-state index is -0.370. The molecule has 126 valence electrons. The van der Waals surface area contributed by atoms with Crippen molar-refractivity contribution in [2.24, 2.45) is 12.0 Å². The Morgan fingerprint density at radius 3 is 3.00 bits per heavy atom. The number of benzene rings is 1. The number of imidazole rings is 1. The van der Waals surface area contributed by atoms with Crippen LogP contribution < -0.4 is 4.80 Å². The number of aromatic nitrogens is 3. The van der Waals surface area contributed by atoms with Crippen LogP contribution in [-0.2, 0) is 18.3 Å². The Bertz CT molecular complexity index is 941. The fourth-order valence-corrected chi connectivity index (χ4v) is 3.69. The van der Waals surface area contributed by atoms with Crippen LogP contribution in [0.3, 0.4) is 0 Å². The fraction of sp³-hybridized carbons (Fsp3) is 0.312. The number of thiazole rings is 1. The molecule has 0 unspecified atom stereocenters. The first-order valence-corrected chi connectivity index (χ1v) is 8.72. The monoisotopic (exact) mass is 364 g/mol. The van der Waals surface area contributed by atoms with E-state index in [9.17, 15) is 4.79 Å². The number of hydrogen-bond acceptors (Lipinski definition) is 4. The van der Waals surface area contributed by atoms with Gasteiger partial charge in [-0.25, -0.2) is 4.98 Å². The SMILES string of the molecule is CCOCCn1c(=NC(=O)c2nccn2C)sc2cc(Cl)ccc21. The topological polar surface area (TPSA) is 61.4 Å². The molecule has 0 N–H and O–H groups in total. The van der Waals surface area contributed by atoms with Gasteiger partial charge in [0.2, 0.25) is 5.82 Å². The van der Waals surface area contributed by atoms with E-state index in [0.29, 0.717) is 35.4 Å². The van der Waals surface area contributed by atoms with E-state index in [4.69, 9.17) is 16.3 Å². The molecule has 6 nitrogen and oxygen atoms in total. The van der Waals surface area contributed by atoms with Gasteiger partial charge in [-0.3, -0.25) is 4.79 Å². The molecular formula is C16H17ClN4O2S. The number of nitrogens with zero attached hydrogens (tertiary/aromatic N) is 4. The van der Waals surface area contributed by atoms with Gasteiger partial charge < -0.3 is 13.9 Å².